The number of nitrogens with zero attached hydrogens (tertiary/aromatic N) is 2. The Labute approximate surface area is 170 Å². The first-order valence-corrected chi connectivity index (χ1v) is 9.71. The number of carbonyl (C=O) groups is 3. The molecule has 0 aliphatic carbocycles. The fraction of sp³-hybridized carbons (Fsp3) is 0.348. The van der Waals surface area contributed by atoms with Crippen LogP contribution in [0.25, 0.3) is 0 Å². The van der Waals surface area contributed by atoms with Gasteiger partial charge < -0.3 is 10.0 Å². The molecule has 0 fully saturated rings. The first kappa shape index (κ1) is 20.6. The zero-order valence-electron chi connectivity index (χ0n) is 17.0. The van der Waals surface area contributed by atoms with Crippen molar-refractivity contribution in [1.29, 1.82) is 0 Å². The number of amides is 3. The molecule has 3 rings (SSSR count). The summed E-state index contributed by atoms with van der Waals surface area (Å²) in [5.74, 6) is -0.631. The molecular formula is C23H26N2O4. The lowest BCUT2D eigenvalue weighted by Gasteiger charge is -2.35. The molecule has 1 unspecified atom stereocenters. The topological polar surface area (TPSA) is 77.9 Å². The summed E-state index contributed by atoms with van der Waals surface area (Å²) in [4.78, 5) is 40.4. The van der Waals surface area contributed by atoms with Crippen LogP contribution in [0.2, 0.25) is 0 Å². The fourth-order valence-corrected chi connectivity index (χ4v) is 3.74. The van der Waals surface area contributed by atoms with E-state index in [4.69, 9.17) is 0 Å². The molecule has 0 aromatic heterocycles. The molecule has 1 heterocycles. The van der Waals surface area contributed by atoms with Crippen LogP contribution in [-0.2, 0) is 6.42 Å². The molecule has 152 valence electrons. The zero-order chi connectivity index (χ0) is 21.2. The van der Waals surface area contributed by atoms with Crippen molar-refractivity contribution in [2.75, 3.05) is 6.54 Å². The van der Waals surface area contributed by atoms with Gasteiger partial charge in [-0.25, -0.2) is 4.79 Å². The number of hydrogen-bond donors (Lipinski definition) is 1. The molecule has 29 heavy (non-hydrogen) atoms. The van der Waals surface area contributed by atoms with Crippen molar-refractivity contribution in [3.8, 4) is 0 Å². The Balaban J connectivity index is 1.89. The zero-order valence-corrected chi connectivity index (χ0v) is 17.0. The van der Waals surface area contributed by atoms with E-state index < -0.39 is 17.7 Å². The quantitative estimate of drug-likeness (QED) is 0.750. The van der Waals surface area contributed by atoms with Gasteiger partial charge in [0.2, 0.25) is 0 Å². The smallest absolute Gasteiger partial charge is 0.407 e. The van der Waals surface area contributed by atoms with Crippen LogP contribution in [0.1, 0.15) is 53.5 Å². The van der Waals surface area contributed by atoms with Gasteiger partial charge in [-0.1, -0.05) is 42.5 Å². The van der Waals surface area contributed by atoms with Crippen LogP contribution < -0.4 is 0 Å². The minimum absolute atomic E-state index is 0.226. The Hall–Kier alpha value is -3.15. The highest BCUT2D eigenvalue weighted by Gasteiger charge is 2.40. The third kappa shape index (κ3) is 4.31. The average molecular weight is 394 g/mol. The minimum atomic E-state index is -1.02. The molecule has 6 nitrogen and oxygen atoms in total. The van der Waals surface area contributed by atoms with E-state index in [1.807, 2.05) is 51.1 Å². The fourth-order valence-electron chi connectivity index (χ4n) is 3.74. The summed E-state index contributed by atoms with van der Waals surface area (Å²) in [5, 5.41) is 9.60. The summed E-state index contributed by atoms with van der Waals surface area (Å²) < 4.78 is 0. The van der Waals surface area contributed by atoms with Crippen LogP contribution in [0.5, 0.6) is 0 Å². The van der Waals surface area contributed by atoms with Crippen LogP contribution >= 0.6 is 0 Å². The summed E-state index contributed by atoms with van der Waals surface area (Å²) >= 11 is 0. The maximum absolute atomic E-state index is 13.0. The second kappa shape index (κ2) is 8.07. The van der Waals surface area contributed by atoms with E-state index in [1.165, 1.54) is 9.80 Å². The van der Waals surface area contributed by atoms with Crippen molar-refractivity contribution in [2.45, 2.75) is 45.2 Å². The first-order chi connectivity index (χ1) is 13.7. The maximum atomic E-state index is 13.0. The normalized spacial score (nSPS) is 14.7. The molecule has 1 N–H and O–H groups in total. The monoisotopic (exact) mass is 394 g/mol. The predicted molar refractivity (Wildman–Crippen MR) is 110 cm³/mol. The largest absolute Gasteiger partial charge is 0.465 e. The molecule has 1 aliphatic rings. The number of hydrogen-bond acceptors (Lipinski definition) is 3. The van der Waals surface area contributed by atoms with Gasteiger partial charge in [0.15, 0.2) is 0 Å². The third-order valence-corrected chi connectivity index (χ3v) is 5.23. The Morgan fingerprint density at radius 1 is 0.966 bits per heavy atom. The molecule has 2 aromatic carbocycles. The Morgan fingerprint density at radius 2 is 1.48 bits per heavy atom. The summed E-state index contributed by atoms with van der Waals surface area (Å²) in [6.45, 7) is 5.71. The van der Waals surface area contributed by atoms with Crippen molar-refractivity contribution >= 4 is 17.9 Å². The molecule has 1 aliphatic heterocycles. The highest BCUT2D eigenvalue weighted by molar-refractivity contribution is 6.21. The van der Waals surface area contributed by atoms with E-state index in [1.54, 1.807) is 24.3 Å². The van der Waals surface area contributed by atoms with Crippen molar-refractivity contribution in [1.82, 2.24) is 9.80 Å². The number of benzene rings is 2. The number of carbonyl (C=O) groups excluding carboxylic acids is 2. The van der Waals surface area contributed by atoms with Crippen LogP contribution in [0.3, 0.4) is 0 Å². The van der Waals surface area contributed by atoms with Crippen molar-refractivity contribution in [3.63, 3.8) is 0 Å². The predicted octanol–water partition coefficient (Wildman–Crippen LogP) is 4.06. The summed E-state index contributed by atoms with van der Waals surface area (Å²) in [5.41, 5.74) is 1.22. The molecule has 3 amide bonds. The molecule has 0 radical (unpaired) electrons. The lowest BCUT2D eigenvalue weighted by atomic mass is 9.99. The van der Waals surface area contributed by atoms with Gasteiger partial charge in [-0.15, -0.1) is 0 Å². The van der Waals surface area contributed by atoms with Crippen LogP contribution in [-0.4, -0.2) is 50.9 Å². The second-order valence-corrected chi connectivity index (χ2v) is 8.26. The highest BCUT2D eigenvalue weighted by Crippen LogP contribution is 2.28. The van der Waals surface area contributed by atoms with Gasteiger partial charge in [0.1, 0.15) is 0 Å². The first-order valence-electron chi connectivity index (χ1n) is 9.71. The lowest BCUT2D eigenvalue weighted by molar-refractivity contribution is 0.0548. The summed E-state index contributed by atoms with van der Waals surface area (Å²) in [7, 11) is 0. The maximum Gasteiger partial charge on any atom is 0.407 e. The van der Waals surface area contributed by atoms with Crippen molar-refractivity contribution in [3.05, 3.63) is 71.3 Å². The van der Waals surface area contributed by atoms with Gasteiger partial charge in [-0.05, 0) is 51.3 Å². The van der Waals surface area contributed by atoms with Crippen LogP contribution in [0, 0.1) is 0 Å². The molecule has 6 heteroatoms. The molecule has 0 saturated carbocycles. The molecule has 0 spiro atoms. The lowest BCUT2D eigenvalue weighted by Crippen LogP contribution is -2.48. The minimum Gasteiger partial charge on any atom is -0.465 e. The van der Waals surface area contributed by atoms with Crippen LogP contribution in [0.15, 0.2) is 54.6 Å². The van der Waals surface area contributed by atoms with Gasteiger partial charge in [-0.3, -0.25) is 14.5 Å². The van der Waals surface area contributed by atoms with Crippen molar-refractivity contribution < 1.29 is 19.5 Å². The van der Waals surface area contributed by atoms with E-state index in [2.05, 4.69) is 0 Å². The SMILES string of the molecule is CC(C)(C)N(CCC(Cc1ccccc1)N1C(=O)c2ccccc2C1=O)C(=O)O. The average Bonchev–Trinajstić information content (AvgIpc) is 2.91. The van der Waals surface area contributed by atoms with E-state index in [9.17, 15) is 19.5 Å². The number of carboxylic acid groups (broad SMARTS) is 1. The van der Waals surface area contributed by atoms with Gasteiger partial charge in [-0.2, -0.15) is 0 Å². The number of rotatable bonds is 6. The van der Waals surface area contributed by atoms with Gasteiger partial charge in [0.25, 0.3) is 11.8 Å². The Bertz CT molecular complexity index is 883. The highest BCUT2D eigenvalue weighted by atomic mass is 16.4. The van der Waals surface area contributed by atoms with Gasteiger partial charge in [0, 0.05) is 18.1 Å². The Morgan fingerprint density at radius 3 is 1.97 bits per heavy atom. The number of imide groups is 1. The molecule has 0 saturated heterocycles. The van der Waals surface area contributed by atoms with E-state index in [0.717, 1.165) is 5.56 Å². The molecule has 0 bridgehead atoms. The Kier molecular flexibility index (Phi) is 5.73. The molecular weight excluding hydrogens is 368 g/mol. The van der Waals surface area contributed by atoms with Crippen molar-refractivity contribution in [2.24, 2.45) is 0 Å². The van der Waals surface area contributed by atoms with E-state index in [0.29, 0.717) is 24.0 Å². The van der Waals surface area contributed by atoms with E-state index in [-0.39, 0.29) is 18.4 Å². The standard InChI is InChI=1S/C23H26N2O4/c1-23(2,3)24(22(28)29)14-13-17(15-16-9-5-4-6-10-16)25-20(26)18-11-7-8-12-19(18)21(25)27/h4-12,17H,13-15H2,1-3H3,(H,28,29). The summed E-state index contributed by atoms with van der Waals surface area (Å²) in [6, 6.07) is 16.0. The second-order valence-electron chi connectivity index (χ2n) is 8.26. The van der Waals surface area contributed by atoms with Gasteiger partial charge in [0.05, 0.1) is 11.1 Å². The molecule has 2 aromatic rings. The third-order valence-electron chi connectivity index (χ3n) is 5.23. The van der Waals surface area contributed by atoms with Gasteiger partial charge >= 0.3 is 6.09 Å². The van der Waals surface area contributed by atoms with Crippen LogP contribution in [0.4, 0.5) is 4.79 Å². The molecule has 1 atom stereocenters. The van der Waals surface area contributed by atoms with E-state index >= 15 is 0 Å². The number of fused-ring (bicyclic) bond motifs is 1. The summed E-state index contributed by atoms with van der Waals surface area (Å²) in [6.07, 6.45) is -0.174.